The van der Waals surface area contributed by atoms with Crippen LogP contribution in [0.25, 0.3) is 0 Å². The second-order valence-corrected chi connectivity index (χ2v) is 7.08. The van der Waals surface area contributed by atoms with Crippen LogP contribution in [-0.2, 0) is 11.8 Å². The molecule has 2 rings (SSSR count). The monoisotopic (exact) mass is 327 g/mol. The number of hydrogen-bond acceptors (Lipinski definition) is 3. The number of nitrogens with two attached hydrogens (primary N) is 1. The van der Waals surface area contributed by atoms with Crippen LogP contribution in [0.1, 0.15) is 37.5 Å². The Morgan fingerprint density at radius 2 is 1.67 bits per heavy atom. The first-order valence-electron chi connectivity index (χ1n) is 8.56. The van der Waals surface area contributed by atoms with E-state index in [0.29, 0.717) is 19.8 Å². The lowest BCUT2D eigenvalue weighted by molar-refractivity contribution is 0.213. The number of rotatable bonds is 7. The van der Waals surface area contributed by atoms with E-state index >= 15 is 0 Å². The molecule has 0 aliphatic heterocycles. The van der Waals surface area contributed by atoms with Crippen LogP contribution in [0.4, 0.5) is 0 Å². The summed E-state index contributed by atoms with van der Waals surface area (Å²) in [6, 6.07) is 14.4. The van der Waals surface area contributed by atoms with E-state index in [4.69, 9.17) is 15.2 Å². The standard InChI is InChI=1S/C21H29NO2/c1-16-7-5-10-19(21(2,3)4)20(16)24-14-13-23-18-9-6-8-17(15-18)11-12-22/h5-10,15H,11-14,22H2,1-4H3. The second-order valence-electron chi connectivity index (χ2n) is 7.08. The van der Waals surface area contributed by atoms with Crippen LogP contribution in [0.3, 0.4) is 0 Å². The average Bonchev–Trinajstić information content (AvgIpc) is 2.52. The Bertz CT molecular complexity index is 659. The molecule has 24 heavy (non-hydrogen) atoms. The molecule has 0 aliphatic carbocycles. The molecular formula is C21H29NO2. The molecule has 0 radical (unpaired) electrons. The highest BCUT2D eigenvalue weighted by Crippen LogP contribution is 2.33. The van der Waals surface area contributed by atoms with Crippen molar-refractivity contribution in [3.8, 4) is 11.5 Å². The van der Waals surface area contributed by atoms with Gasteiger partial charge in [0, 0.05) is 0 Å². The van der Waals surface area contributed by atoms with Crippen molar-refractivity contribution in [3.05, 3.63) is 59.2 Å². The topological polar surface area (TPSA) is 44.5 Å². The third-order valence-electron chi connectivity index (χ3n) is 3.95. The Hall–Kier alpha value is -2.00. The Morgan fingerprint density at radius 3 is 2.38 bits per heavy atom. The molecule has 0 aliphatic rings. The van der Waals surface area contributed by atoms with E-state index in [1.54, 1.807) is 0 Å². The van der Waals surface area contributed by atoms with Gasteiger partial charge in [-0.05, 0) is 54.1 Å². The maximum Gasteiger partial charge on any atom is 0.126 e. The molecule has 0 saturated heterocycles. The van der Waals surface area contributed by atoms with Crippen LogP contribution in [-0.4, -0.2) is 19.8 Å². The van der Waals surface area contributed by atoms with Crippen LogP contribution < -0.4 is 15.2 Å². The number of aryl methyl sites for hydroxylation is 1. The van der Waals surface area contributed by atoms with E-state index in [0.717, 1.165) is 23.5 Å². The van der Waals surface area contributed by atoms with Gasteiger partial charge < -0.3 is 15.2 Å². The lowest BCUT2D eigenvalue weighted by Crippen LogP contribution is -2.16. The van der Waals surface area contributed by atoms with Gasteiger partial charge in [-0.15, -0.1) is 0 Å². The summed E-state index contributed by atoms with van der Waals surface area (Å²) < 4.78 is 11.9. The van der Waals surface area contributed by atoms with E-state index in [1.165, 1.54) is 11.1 Å². The van der Waals surface area contributed by atoms with Crippen LogP contribution in [0.5, 0.6) is 11.5 Å². The molecule has 3 heteroatoms. The molecule has 0 fully saturated rings. The minimum absolute atomic E-state index is 0.0543. The van der Waals surface area contributed by atoms with E-state index in [-0.39, 0.29) is 5.41 Å². The Kier molecular flexibility index (Phi) is 6.27. The molecule has 0 bridgehead atoms. The fraction of sp³-hybridized carbons (Fsp3) is 0.429. The maximum absolute atomic E-state index is 6.05. The van der Waals surface area contributed by atoms with E-state index in [9.17, 15) is 0 Å². The first-order chi connectivity index (χ1) is 11.4. The van der Waals surface area contributed by atoms with Gasteiger partial charge in [0.05, 0.1) is 0 Å². The number of benzene rings is 2. The largest absolute Gasteiger partial charge is 0.490 e. The van der Waals surface area contributed by atoms with E-state index in [2.05, 4.69) is 52.0 Å². The predicted octanol–water partition coefficient (Wildman–Crippen LogP) is 4.25. The molecule has 0 heterocycles. The molecule has 0 saturated carbocycles. The highest BCUT2D eigenvalue weighted by atomic mass is 16.5. The van der Waals surface area contributed by atoms with Crippen molar-refractivity contribution in [1.29, 1.82) is 0 Å². The molecule has 130 valence electrons. The van der Waals surface area contributed by atoms with Crippen LogP contribution in [0, 0.1) is 6.92 Å². The molecule has 0 atom stereocenters. The predicted molar refractivity (Wildman–Crippen MR) is 100 cm³/mol. The molecule has 2 N–H and O–H groups in total. The highest BCUT2D eigenvalue weighted by molar-refractivity contribution is 5.44. The van der Waals surface area contributed by atoms with Crippen molar-refractivity contribution in [3.63, 3.8) is 0 Å². The fourth-order valence-electron chi connectivity index (χ4n) is 2.70. The van der Waals surface area contributed by atoms with Gasteiger partial charge in [-0.3, -0.25) is 0 Å². The van der Waals surface area contributed by atoms with Crippen molar-refractivity contribution in [2.45, 2.75) is 39.5 Å². The zero-order valence-electron chi connectivity index (χ0n) is 15.3. The smallest absolute Gasteiger partial charge is 0.126 e. The van der Waals surface area contributed by atoms with Gasteiger partial charge in [0.25, 0.3) is 0 Å². The Labute approximate surface area is 145 Å². The lowest BCUT2D eigenvalue weighted by Gasteiger charge is -2.24. The molecule has 3 nitrogen and oxygen atoms in total. The number of ether oxygens (including phenoxy) is 2. The summed E-state index contributed by atoms with van der Waals surface area (Å²) in [6.45, 7) is 10.4. The average molecular weight is 327 g/mol. The Morgan fingerprint density at radius 1 is 0.958 bits per heavy atom. The summed E-state index contributed by atoms with van der Waals surface area (Å²) in [5.74, 6) is 1.84. The molecule has 2 aromatic carbocycles. The van der Waals surface area contributed by atoms with Crippen LogP contribution in [0.15, 0.2) is 42.5 Å². The van der Waals surface area contributed by atoms with Gasteiger partial charge in [-0.1, -0.05) is 51.1 Å². The van der Waals surface area contributed by atoms with Crippen molar-refractivity contribution in [2.24, 2.45) is 5.73 Å². The molecule has 2 aromatic rings. The van der Waals surface area contributed by atoms with Gasteiger partial charge >= 0.3 is 0 Å². The summed E-state index contributed by atoms with van der Waals surface area (Å²) in [4.78, 5) is 0. The van der Waals surface area contributed by atoms with Crippen LogP contribution >= 0.6 is 0 Å². The molecule has 0 amide bonds. The van der Waals surface area contributed by atoms with Crippen molar-refractivity contribution < 1.29 is 9.47 Å². The zero-order valence-corrected chi connectivity index (χ0v) is 15.3. The molecular weight excluding hydrogens is 298 g/mol. The lowest BCUT2D eigenvalue weighted by atomic mass is 9.85. The SMILES string of the molecule is Cc1cccc(C(C)(C)C)c1OCCOc1cccc(CCN)c1. The van der Waals surface area contributed by atoms with Gasteiger partial charge in [0.15, 0.2) is 0 Å². The normalized spacial score (nSPS) is 11.4. The van der Waals surface area contributed by atoms with Crippen LogP contribution in [0.2, 0.25) is 0 Å². The minimum atomic E-state index is 0.0543. The summed E-state index contributed by atoms with van der Waals surface area (Å²) in [6.07, 6.45) is 0.867. The number of hydrogen-bond donors (Lipinski definition) is 1. The maximum atomic E-state index is 6.05. The first-order valence-corrected chi connectivity index (χ1v) is 8.56. The summed E-state index contributed by atoms with van der Waals surface area (Å²) >= 11 is 0. The first kappa shape index (κ1) is 18.3. The third-order valence-corrected chi connectivity index (χ3v) is 3.95. The second kappa shape index (κ2) is 8.20. The third kappa shape index (κ3) is 5.00. The fourth-order valence-corrected chi connectivity index (χ4v) is 2.70. The van der Waals surface area contributed by atoms with E-state index < -0.39 is 0 Å². The summed E-state index contributed by atoms with van der Waals surface area (Å²) in [5.41, 5.74) is 9.24. The molecule has 0 spiro atoms. The zero-order chi connectivity index (χ0) is 17.6. The Balaban J connectivity index is 1.94. The van der Waals surface area contributed by atoms with E-state index in [1.807, 2.05) is 18.2 Å². The minimum Gasteiger partial charge on any atom is -0.490 e. The van der Waals surface area contributed by atoms with Crippen molar-refractivity contribution in [1.82, 2.24) is 0 Å². The van der Waals surface area contributed by atoms with Crippen molar-refractivity contribution >= 4 is 0 Å². The number of para-hydroxylation sites is 1. The van der Waals surface area contributed by atoms with Gasteiger partial charge in [0.1, 0.15) is 24.7 Å². The van der Waals surface area contributed by atoms with Crippen molar-refractivity contribution in [2.75, 3.05) is 19.8 Å². The quantitative estimate of drug-likeness (QED) is 0.773. The summed E-state index contributed by atoms with van der Waals surface area (Å²) in [7, 11) is 0. The van der Waals surface area contributed by atoms with Gasteiger partial charge in [-0.2, -0.15) is 0 Å². The molecule has 0 aromatic heterocycles. The summed E-state index contributed by atoms with van der Waals surface area (Å²) in [5, 5.41) is 0. The molecule has 0 unspecified atom stereocenters. The van der Waals surface area contributed by atoms with Gasteiger partial charge in [0.2, 0.25) is 0 Å². The van der Waals surface area contributed by atoms with Gasteiger partial charge in [-0.25, -0.2) is 0 Å². The highest BCUT2D eigenvalue weighted by Gasteiger charge is 2.20.